The van der Waals surface area contributed by atoms with Gasteiger partial charge in [-0.3, -0.25) is 4.98 Å². The first-order valence-electron chi connectivity index (χ1n) is 5.81. The van der Waals surface area contributed by atoms with Gasteiger partial charge in [0.2, 0.25) is 0 Å². The summed E-state index contributed by atoms with van der Waals surface area (Å²) in [5.41, 5.74) is 8.95. The van der Waals surface area contributed by atoms with E-state index in [-0.39, 0.29) is 0 Å². The van der Waals surface area contributed by atoms with Gasteiger partial charge >= 0.3 is 0 Å². The van der Waals surface area contributed by atoms with E-state index in [0.717, 1.165) is 22.1 Å². The van der Waals surface area contributed by atoms with Gasteiger partial charge in [-0.05, 0) is 35.6 Å². The van der Waals surface area contributed by atoms with Gasteiger partial charge in [-0.2, -0.15) is 0 Å². The third-order valence-corrected chi connectivity index (χ3v) is 3.11. The SMILES string of the molecule is Cc1cc(-c2cccc3ccncc23)cnc1N. The van der Waals surface area contributed by atoms with Gasteiger partial charge < -0.3 is 5.73 Å². The lowest BCUT2D eigenvalue weighted by Gasteiger charge is -2.07. The van der Waals surface area contributed by atoms with E-state index in [9.17, 15) is 0 Å². The Bertz CT molecular complexity index is 715. The molecule has 2 N–H and O–H groups in total. The second-order valence-corrected chi connectivity index (χ2v) is 4.33. The molecule has 88 valence electrons. The average molecular weight is 235 g/mol. The maximum absolute atomic E-state index is 5.76. The van der Waals surface area contributed by atoms with Crippen LogP contribution in [-0.2, 0) is 0 Å². The van der Waals surface area contributed by atoms with Gasteiger partial charge in [0, 0.05) is 29.5 Å². The van der Waals surface area contributed by atoms with Crippen LogP contribution >= 0.6 is 0 Å². The van der Waals surface area contributed by atoms with E-state index in [1.165, 1.54) is 5.39 Å². The van der Waals surface area contributed by atoms with Crippen molar-refractivity contribution >= 4 is 16.6 Å². The zero-order valence-electron chi connectivity index (χ0n) is 10.1. The monoisotopic (exact) mass is 235 g/mol. The third-order valence-electron chi connectivity index (χ3n) is 3.11. The fraction of sp³-hybridized carbons (Fsp3) is 0.0667. The number of nitrogens with zero attached hydrogens (tertiary/aromatic N) is 2. The number of fused-ring (bicyclic) bond motifs is 1. The van der Waals surface area contributed by atoms with E-state index in [2.05, 4.69) is 28.2 Å². The van der Waals surface area contributed by atoms with E-state index in [4.69, 9.17) is 5.73 Å². The lowest BCUT2D eigenvalue weighted by molar-refractivity contribution is 1.28. The summed E-state index contributed by atoms with van der Waals surface area (Å²) < 4.78 is 0. The van der Waals surface area contributed by atoms with E-state index in [1.54, 1.807) is 6.20 Å². The van der Waals surface area contributed by atoms with Crippen LogP contribution in [0.25, 0.3) is 21.9 Å². The molecule has 3 heteroatoms. The normalized spacial score (nSPS) is 10.7. The minimum atomic E-state index is 0.581. The molecule has 0 aliphatic heterocycles. The summed E-state index contributed by atoms with van der Waals surface area (Å²) in [6.45, 7) is 1.97. The number of aromatic nitrogens is 2. The average Bonchev–Trinajstić information content (AvgIpc) is 2.41. The van der Waals surface area contributed by atoms with Crippen LogP contribution in [0.5, 0.6) is 0 Å². The molecule has 0 radical (unpaired) electrons. The standard InChI is InChI=1S/C15H13N3/c1-10-7-12(8-18-15(10)16)13-4-2-3-11-5-6-17-9-14(11)13/h2-9H,1H3,(H2,16,18). The van der Waals surface area contributed by atoms with E-state index in [0.29, 0.717) is 5.82 Å². The minimum Gasteiger partial charge on any atom is -0.383 e. The second-order valence-electron chi connectivity index (χ2n) is 4.33. The van der Waals surface area contributed by atoms with Crippen molar-refractivity contribution in [1.82, 2.24) is 9.97 Å². The Balaban J connectivity index is 2.28. The molecule has 2 aromatic heterocycles. The molecule has 1 aromatic carbocycles. The molecule has 18 heavy (non-hydrogen) atoms. The van der Waals surface area contributed by atoms with E-state index in [1.807, 2.05) is 31.5 Å². The Morgan fingerprint density at radius 1 is 1.11 bits per heavy atom. The van der Waals surface area contributed by atoms with Crippen molar-refractivity contribution in [3.8, 4) is 11.1 Å². The summed E-state index contributed by atoms with van der Waals surface area (Å²) >= 11 is 0. The molecule has 0 aliphatic rings. The molecule has 0 saturated heterocycles. The van der Waals surface area contributed by atoms with Gasteiger partial charge in [-0.15, -0.1) is 0 Å². The number of rotatable bonds is 1. The van der Waals surface area contributed by atoms with Gasteiger partial charge in [0.05, 0.1) is 0 Å². The first-order chi connectivity index (χ1) is 8.75. The number of benzene rings is 1. The smallest absolute Gasteiger partial charge is 0.126 e. The molecule has 0 saturated carbocycles. The fourth-order valence-electron chi connectivity index (χ4n) is 2.10. The summed E-state index contributed by atoms with van der Waals surface area (Å²) in [6, 6.07) is 10.3. The summed E-state index contributed by atoms with van der Waals surface area (Å²) in [6.07, 6.45) is 5.50. The largest absolute Gasteiger partial charge is 0.383 e. The van der Waals surface area contributed by atoms with Crippen LogP contribution in [0.15, 0.2) is 48.9 Å². The molecule has 0 aliphatic carbocycles. The molecule has 0 spiro atoms. The van der Waals surface area contributed by atoms with Crippen molar-refractivity contribution in [2.75, 3.05) is 5.73 Å². The Morgan fingerprint density at radius 3 is 2.83 bits per heavy atom. The molecule has 0 unspecified atom stereocenters. The Kier molecular flexibility index (Phi) is 2.45. The van der Waals surface area contributed by atoms with Crippen molar-refractivity contribution in [2.45, 2.75) is 6.92 Å². The van der Waals surface area contributed by atoms with Gasteiger partial charge in [0.25, 0.3) is 0 Å². The molecule has 3 aromatic rings. The minimum absolute atomic E-state index is 0.581. The highest BCUT2D eigenvalue weighted by Crippen LogP contribution is 2.28. The zero-order valence-corrected chi connectivity index (χ0v) is 10.1. The predicted octanol–water partition coefficient (Wildman–Crippen LogP) is 3.19. The number of nitrogens with two attached hydrogens (primary N) is 1. The number of anilines is 1. The van der Waals surface area contributed by atoms with E-state index < -0.39 is 0 Å². The molecule has 3 nitrogen and oxygen atoms in total. The van der Waals surface area contributed by atoms with Gasteiger partial charge in [0.1, 0.15) is 5.82 Å². The predicted molar refractivity (Wildman–Crippen MR) is 74.1 cm³/mol. The van der Waals surface area contributed by atoms with Crippen LogP contribution in [0.3, 0.4) is 0 Å². The fourth-order valence-corrected chi connectivity index (χ4v) is 2.10. The second kappa shape index (κ2) is 4.11. The highest BCUT2D eigenvalue weighted by Gasteiger charge is 2.05. The summed E-state index contributed by atoms with van der Waals surface area (Å²) in [5, 5.41) is 2.31. The van der Waals surface area contributed by atoms with Crippen molar-refractivity contribution in [3.63, 3.8) is 0 Å². The number of hydrogen-bond acceptors (Lipinski definition) is 3. The molecular formula is C15H13N3. The van der Waals surface area contributed by atoms with Crippen LogP contribution in [0, 0.1) is 6.92 Å². The topological polar surface area (TPSA) is 51.8 Å². The Labute approximate surface area is 105 Å². The van der Waals surface area contributed by atoms with Crippen molar-refractivity contribution in [2.24, 2.45) is 0 Å². The molecule has 0 amide bonds. The van der Waals surface area contributed by atoms with Crippen LogP contribution in [0.1, 0.15) is 5.56 Å². The molecule has 2 heterocycles. The highest BCUT2D eigenvalue weighted by atomic mass is 14.8. The molecule has 0 fully saturated rings. The van der Waals surface area contributed by atoms with Crippen molar-refractivity contribution < 1.29 is 0 Å². The molecule has 0 bridgehead atoms. The lowest BCUT2D eigenvalue weighted by Crippen LogP contribution is -1.94. The van der Waals surface area contributed by atoms with Crippen molar-refractivity contribution in [3.05, 3.63) is 54.5 Å². The molecule has 3 rings (SSSR count). The van der Waals surface area contributed by atoms with E-state index >= 15 is 0 Å². The summed E-state index contributed by atoms with van der Waals surface area (Å²) in [7, 11) is 0. The van der Waals surface area contributed by atoms with Crippen LogP contribution in [0.4, 0.5) is 5.82 Å². The first-order valence-corrected chi connectivity index (χ1v) is 5.81. The number of nitrogen functional groups attached to an aromatic ring is 1. The molecule has 0 atom stereocenters. The van der Waals surface area contributed by atoms with Crippen LogP contribution < -0.4 is 5.73 Å². The van der Waals surface area contributed by atoms with Crippen LogP contribution in [-0.4, -0.2) is 9.97 Å². The van der Waals surface area contributed by atoms with Gasteiger partial charge in [0.15, 0.2) is 0 Å². The van der Waals surface area contributed by atoms with Gasteiger partial charge in [-0.1, -0.05) is 18.2 Å². The number of hydrogen-bond donors (Lipinski definition) is 1. The maximum Gasteiger partial charge on any atom is 0.126 e. The first kappa shape index (κ1) is 10.7. The zero-order chi connectivity index (χ0) is 12.5. The van der Waals surface area contributed by atoms with Crippen LogP contribution in [0.2, 0.25) is 0 Å². The van der Waals surface area contributed by atoms with Crippen molar-refractivity contribution in [1.29, 1.82) is 0 Å². The molecular weight excluding hydrogens is 222 g/mol. The highest BCUT2D eigenvalue weighted by molar-refractivity contribution is 5.96. The summed E-state index contributed by atoms with van der Waals surface area (Å²) in [4.78, 5) is 8.41. The van der Waals surface area contributed by atoms with Gasteiger partial charge in [-0.25, -0.2) is 4.98 Å². The maximum atomic E-state index is 5.76. The number of pyridine rings is 2. The Morgan fingerprint density at radius 2 is 2.00 bits per heavy atom. The quantitative estimate of drug-likeness (QED) is 0.704. The number of aryl methyl sites for hydroxylation is 1. The third kappa shape index (κ3) is 1.70. The summed E-state index contributed by atoms with van der Waals surface area (Å²) in [5.74, 6) is 0.581. The Hall–Kier alpha value is -2.42. The lowest BCUT2D eigenvalue weighted by atomic mass is 10.0.